The molecule has 1 aromatic carbocycles. The van der Waals surface area contributed by atoms with Gasteiger partial charge in [-0.1, -0.05) is 41.1 Å². The van der Waals surface area contributed by atoms with Crippen molar-refractivity contribution in [1.82, 2.24) is 10.2 Å². The maximum absolute atomic E-state index is 5.93. The third-order valence-electron chi connectivity index (χ3n) is 2.63. The maximum Gasteiger partial charge on any atom is 0.154 e. The van der Waals surface area contributed by atoms with Gasteiger partial charge in [-0.25, -0.2) is 0 Å². The molecule has 0 spiro atoms. The fraction of sp³-hybridized carbons (Fsp3) is 0.231. The molecule has 0 unspecified atom stereocenters. The van der Waals surface area contributed by atoms with Crippen molar-refractivity contribution in [2.24, 2.45) is 0 Å². The lowest BCUT2D eigenvalue weighted by Gasteiger charge is -2.07. The molecule has 0 saturated heterocycles. The Kier molecular flexibility index (Phi) is 3.69. The van der Waals surface area contributed by atoms with Crippen molar-refractivity contribution in [2.75, 3.05) is 0 Å². The summed E-state index contributed by atoms with van der Waals surface area (Å²) < 4.78 is 0. The van der Waals surface area contributed by atoms with Crippen molar-refractivity contribution in [2.45, 2.75) is 30.7 Å². The topological polar surface area (TPSA) is 25.8 Å². The Morgan fingerprint density at radius 2 is 1.82 bits per heavy atom. The van der Waals surface area contributed by atoms with Gasteiger partial charge in [-0.05, 0) is 44.0 Å². The third kappa shape index (κ3) is 2.79. The Morgan fingerprint density at radius 1 is 1.06 bits per heavy atom. The van der Waals surface area contributed by atoms with Gasteiger partial charge >= 0.3 is 0 Å². The van der Waals surface area contributed by atoms with Crippen molar-refractivity contribution < 1.29 is 0 Å². The highest BCUT2D eigenvalue weighted by molar-refractivity contribution is 7.99. The summed E-state index contributed by atoms with van der Waals surface area (Å²) >= 11 is 7.55. The van der Waals surface area contributed by atoms with Crippen LogP contribution in [0, 0.1) is 20.8 Å². The van der Waals surface area contributed by atoms with Crippen molar-refractivity contribution in [3.8, 4) is 0 Å². The third-order valence-corrected chi connectivity index (χ3v) is 4.06. The molecular weight excluding hydrogens is 252 g/mol. The average molecular weight is 265 g/mol. The van der Waals surface area contributed by atoms with Gasteiger partial charge in [0, 0.05) is 4.90 Å². The Labute approximate surface area is 110 Å². The van der Waals surface area contributed by atoms with E-state index in [0.29, 0.717) is 5.15 Å². The van der Waals surface area contributed by atoms with Crippen LogP contribution in [0.5, 0.6) is 0 Å². The number of benzene rings is 1. The molecular formula is C13H13ClN2S. The summed E-state index contributed by atoms with van der Waals surface area (Å²) in [6, 6.07) is 8.33. The summed E-state index contributed by atoms with van der Waals surface area (Å²) in [7, 11) is 0. The summed E-state index contributed by atoms with van der Waals surface area (Å²) in [4.78, 5) is 1.17. The lowest BCUT2D eigenvalue weighted by Crippen LogP contribution is -1.95. The molecule has 0 amide bonds. The van der Waals surface area contributed by atoms with Gasteiger partial charge < -0.3 is 0 Å². The number of hydrogen-bond acceptors (Lipinski definition) is 3. The molecule has 0 atom stereocenters. The summed E-state index contributed by atoms with van der Waals surface area (Å²) in [5, 5.41) is 9.49. The molecule has 88 valence electrons. The predicted octanol–water partition coefficient (Wildman–Crippen LogP) is 4.21. The molecule has 1 aromatic heterocycles. The predicted molar refractivity (Wildman–Crippen MR) is 71.8 cm³/mol. The molecule has 0 saturated carbocycles. The van der Waals surface area contributed by atoms with E-state index in [1.165, 1.54) is 10.5 Å². The molecule has 2 rings (SSSR count). The van der Waals surface area contributed by atoms with Crippen LogP contribution < -0.4 is 0 Å². The van der Waals surface area contributed by atoms with Gasteiger partial charge in [-0.2, -0.15) is 0 Å². The highest BCUT2D eigenvalue weighted by atomic mass is 35.5. The first-order chi connectivity index (χ1) is 8.08. The monoisotopic (exact) mass is 264 g/mol. The molecule has 0 radical (unpaired) electrons. The first-order valence-corrected chi connectivity index (χ1v) is 6.51. The second-order valence-corrected chi connectivity index (χ2v) is 5.38. The number of nitrogens with zero attached hydrogens (tertiary/aromatic N) is 2. The first-order valence-electron chi connectivity index (χ1n) is 5.32. The molecule has 17 heavy (non-hydrogen) atoms. The van der Waals surface area contributed by atoms with Crippen LogP contribution in [0.1, 0.15) is 16.7 Å². The molecule has 0 N–H and O–H groups in total. The Morgan fingerprint density at radius 3 is 2.53 bits per heavy atom. The SMILES string of the molecule is Cc1cccc(Sc2nnc(Cl)c(C)c2C)c1. The van der Waals surface area contributed by atoms with E-state index in [4.69, 9.17) is 11.6 Å². The van der Waals surface area contributed by atoms with Gasteiger partial charge in [0.2, 0.25) is 0 Å². The van der Waals surface area contributed by atoms with E-state index < -0.39 is 0 Å². The van der Waals surface area contributed by atoms with Gasteiger partial charge in [0.15, 0.2) is 5.15 Å². The average Bonchev–Trinajstić information content (AvgIpc) is 2.30. The van der Waals surface area contributed by atoms with Crippen LogP contribution in [0.3, 0.4) is 0 Å². The van der Waals surface area contributed by atoms with Crippen LogP contribution in [0.25, 0.3) is 0 Å². The van der Waals surface area contributed by atoms with Crippen LogP contribution in [0.15, 0.2) is 34.2 Å². The molecule has 4 heteroatoms. The lowest BCUT2D eigenvalue weighted by atomic mass is 10.2. The molecule has 2 aromatic rings. The Balaban J connectivity index is 2.34. The summed E-state index contributed by atoms with van der Waals surface area (Å²) in [5.41, 5.74) is 3.33. The molecule has 0 aliphatic carbocycles. The van der Waals surface area contributed by atoms with Crippen molar-refractivity contribution in [3.05, 3.63) is 46.1 Å². The fourth-order valence-electron chi connectivity index (χ4n) is 1.44. The van der Waals surface area contributed by atoms with E-state index >= 15 is 0 Å². The smallest absolute Gasteiger partial charge is 0.142 e. The zero-order valence-corrected chi connectivity index (χ0v) is 11.6. The minimum absolute atomic E-state index is 0.482. The quantitative estimate of drug-likeness (QED) is 0.813. The summed E-state index contributed by atoms with van der Waals surface area (Å²) in [5.74, 6) is 0. The number of hydrogen-bond donors (Lipinski definition) is 0. The molecule has 1 heterocycles. The van der Waals surface area contributed by atoms with E-state index in [2.05, 4.69) is 35.3 Å². The van der Waals surface area contributed by atoms with Crippen LogP contribution >= 0.6 is 23.4 Å². The number of halogens is 1. The zero-order valence-electron chi connectivity index (χ0n) is 9.99. The summed E-state index contributed by atoms with van der Waals surface area (Å²) in [6.07, 6.45) is 0. The van der Waals surface area contributed by atoms with Crippen molar-refractivity contribution in [3.63, 3.8) is 0 Å². The molecule has 0 bridgehead atoms. The first kappa shape index (κ1) is 12.4. The van der Waals surface area contributed by atoms with E-state index in [1.54, 1.807) is 11.8 Å². The largest absolute Gasteiger partial charge is 0.154 e. The van der Waals surface area contributed by atoms with Crippen LogP contribution in [0.4, 0.5) is 0 Å². The molecule has 0 aliphatic heterocycles. The normalized spacial score (nSPS) is 10.6. The van der Waals surface area contributed by atoms with Crippen LogP contribution in [-0.4, -0.2) is 10.2 Å². The van der Waals surface area contributed by atoms with Gasteiger partial charge in [0.05, 0.1) is 0 Å². The van der Waals surface area contributed by atoms with Crippen molar-refractivity contribution in [1.29, 1.82) is 0 Å². The standard InChI is InChI=1S/C13H13ClN2S/c1-8-5-4-6-11(7-8)17-13-10(3)9(2)12(14)15-16-13/h4-7H,1-3H3. The molecule has 2 nitrogen and oxygen atoms in total. The van der Waals surface area contributed by atoms with E-state index in [1.807, 2.05) is 19.9 Å². The Hall–Kier alpha value is -1.06. The zero-order chi connectivity index (χ0) is 12.4. The maximum atomic E-state index is 5.93. The lowest BCUT2D eigenvalue weighted by molar-refractivity contribution is 0.891. The highest BCUT2D eigenvalue weighted by Crippen LogP contribution is 2.31. The van der Waals surface area contributed by atoms with E-state index in [9.17, 15) is 0 Å². The highest BCUT2D eigenvalue weighted by Gasteiger charge is 2.09. The second kappa shape index (κ2) is 5.07. The minimum atomic E-state index is 0.482. The van der Waals surface area contributed by atoms with Crippen LogP contribution in [0.2, 0.25) is 5.15 Å². The summed E-state index contributed by atoms with van der Waals surface area (Å²) in [6.45, 7) is 6.07. The van der Waals surface area contributed by atoms with Gasteiger partial charge in [0.1, 0.15) is 5.03 Å². The minimum Gasteiger partial charge on any atom is -0.142 e. The Bertz CT molecular complexity index is 555. The van der Waals surface area contributed by atoms with Gasteiger partial charge in [-0.15, -0.1) is 10.2 Å². The van der Waals surface area contributed by atoms with Gasteiger partial charge in [0.25, 0.3) is 0 Å². The van der Waals surface area contributed by atoms with Gasteiger partial charge in [-0.3, -0.25) is 0 Å². The number of rotatable bonds is 2. The fourth-order valence-corrected chi connectivity index (χ4v) is 2.62. The number of aromatic nitrogens is 2. The molecule has 0 aliphatic rings. The van der Waals surface area contributed by atoms with Crippen molar-refractivity contribution >= 4 is 23.4 Å². The number of aryl methyl sites for hydroxylation is 1. The van der Waals surface area contributed by atoms with E-state index in [0.717, 1.165) is 16.2 Å². The molecule has 0 fully saturated rings. The van der Waals surface area contributed by atoms with E-state index in [-0.39, 0.29) is 0 Å². The second-order valence-electron chi connectivity index (χ2n) is 3.96. The van der Waals surface area contributed by atoms with Crippen LogP contribution in [-0.2, 0) is 0 Å².